The van der Waals surface area contributed by atoms with Crippen molar-refractivity contribution >= 4 is 0 Å². The van der Waals surface area contributed by atoms with Crippen LogP contribution in [-0.2, 0) is 13.5 Å². The molecule has 0 aliphatic heterocycles. The number of aryl methyl sites for hydroxylation is 1. The molecule has 86 valence electrons. The highest BCUT2D eigenvalue weighted by Gasteiger charge is 2.06. The number of aromatic nitrogens is 2. The van der Waals surface area contributed by atoms with Crippen LogP contribution in [0, 0.1) is 0 Å². The summed E-state index contributed by atoms with van der Waals surface area (Å²) < 4.78 is 7.15. The molecule has 0 fully saturated rings. The van der Waals surface area contributed by atoms with E-state index in [9.17, 15) is 0 Å². The first-order chi connectivity index (χ1) is 7.75. The second-order valence-corrected chi connectivity index (χ2v) is 3.96. The molecule has 16 heavy (non-hydrogen) atoms. The maximum atomic E-state index is 5.32. The molecule has 4 nitrogen and oxygen atoms in total. The first kappa shape index (κ1) is 11.0. The Hall–Kier alpha value is -1.55. The number of furan rings is 1. The minimum absolute atomic E-state index is 0.256. The fourth-order valence-electron chi connectivity index (χ4n) is 1.67. The standard InChI is InChI=1S/C12H17N3O/c1-10(12-4-3-7-16-12)13-6-5-11-8-14-15(2)9-11/h3-4,7-10,13H,5-6H2,1-2H3/t10-/m1/s1. The third kappa shape index (κ3) is 2.73. The largest absolute Gasteiger partial charge is 0.468 e. The minimum atomic E-state index is 0.256. The summed E-state index contributed by atoms with van der Waals surface area (Å²) in [7, 11) is 1.93. The van der Waals surface area contributed by atoms with E-state index in [-0.39, 0.29) is 6.04 Å². The topological polar surface area (TPSA) is 43.0 Å². The molecule has 0 spiro atoms. The summed E-state index contributed by atoms with van der Waals surface area (Å²) in [6.45, 7) is 3.02. The van der Waals surface area contributed by atoms with E-state index in [2.05, 4.69) is 17.3 Å². The van der Waals surface area contributed by atoms with Gasteiger partial charge in [0.25, 0.3) is 0 Å². The molecule has 0 amide bonds. The van der Waals surface area contributed by atoms with Crippen molar-refractivity contribution in [1.29, 1.82) is 0 Å². The molecular formula is C12H17N3O. The minimum Gasteiger partial charge on any atom is -0.468 e. The summed E-state index contributed by atoms with van der Waals surface area (Å²) in [5.74, 6) is 0.978. The smallest absolute Gasteiger partial charge is 0.120 e. The predicted octanol–water partition coefficient (Wildman–Crippen LogP) is 1.91. The fraction of sp³-hybridized carbons (Fsp3) is 0.417. The van der Waals surface area contributed by atoms with Crippen molar-refractivity contribution < 1.29 is 4.42 Å². The normalized spacial score (nSPS) is 12.9. The molecule has 0 saturated carbocycles. The van der Waals surface area contributed by atoms with Crippen LogP contribution in [0.4, 0.5) is 0 Å². The second kappa shape index (κ2) is 4.99. The monoisotopic (exact) mass is 219 g/mol. The van der Waals surface area contributed by atoms with Gasteiger partial charge in [-0.3, -0.25) is 4.68 Å². The van der Waals surface area contributed by atoms with Crippen LogP contribution in [-0.4, -0.2) is 16.3 Å². The lowest BCUT2D eigenvalue weighted by Crippen LogP contribution is -2.20. The van der Waals surface area contributed by atoms with Gasteiger partial charge in [-0.15, -0.1) is 0 Å². The Bertz CT molecular complexity index is 419. The lowest BCUT2D eigenvalue weighted by atomic mass is 10.2. The van der Waals surface area contributed by atoms with Gasteiger partial charge in [0.2, 0.25) is 0 Å². The SMILES string of the molecule is C[C@@H](NCCc1cnn(C)c1)c1ccco1. The van der Waals surface area contributed by atoms with Gasteiger partial charge < -0.3 is 9.73 Å². The van der Waals surface area contributed by atoms with Crippen molar-refractivity contribution in [2.45, 2.75) is 19.4 Å². The summed E-state index contributed by atoms with van der Waals surface area (Å²) >= 11 is 0. The maximum absolute atomic E-state index is 5.32. The molecule has 4 heteroatoms. The number of rotatable bonds is 5. The van der Waals surface area contributed by atoms with Crippen molar-refractivity contribution in [3.05, 3.63) is 42.1 Å². The number of nitrogens with zero attached hydrogens (tertiary/aromatic N) is 2. The van der Waals surface area contributed by atoms with E-state index < -0.39 is 0 Å². The molecule has 0 aliphatic rings. The van der Waals surface area contributed by atoms with Gasteiger partial charge in [-0.1, -0.05) is 0 Å². The molecule has 0 aromatic carbocycles. The van der Waals surface area contributed by atoms with Crippen LogP contribution in [0.15, 0.2) is 35.2 Å². The highest BCUT2D eigenvalue weighted by atomic mass is 16.3. The van der Waals surface area contributed by atoms with E-state index in [4.69, 9.17) is 4.42 Å². The van der Waals surface area contributed by atoms with E-state index >= 15 is 0 Å². The van der Waals surface area contributed by atoms with Crippen LogP contribution in [0.2, 0.25) is 0 Å². The molecule has 2 heterocycles. The molecule has 2 rings (SSSR count). The lowest BCUT2D eigenvalue weighted by molar-refractivity contribution is 0.432. The average molecular weight is 219 g/mol. The Morgan fingerprint density at radius 2 is 2.44 bits per heavy atom. The Morgan fingerprint density at radius 1 is 1.56 bits per heavy atom. The van der Waals surface area contributed by atoms with Gasteiger partial charge in [0, 0.05) is 13.2 Å². The molecule has 2 aromatic rings. The summed E-state index contributed by atoms with van der Waals surface area (Å²) in [5.41, 5.74) is 1.25. The van der Waals surface area contributed by atoms with Crippen LogP contribution < -0.4 is 5.32 Å². The molecule has 2 aromatic heterocycles. The second-order valence-electron chi connectivity index (χ2n) is 3.96. The van der Waals surface area contributed by atoms with Gasteiger partial charge in [0.1, 0.15) is 5.76 Å². The first-order valence-electron chi connectivity index (χ1n) is 5.50. The van der Waals surface area contributed by atoms with E-state index in [1.165, 1.54) is 5.56 Å². The van der Waals surface area contributed by atoms with Crippen molar-refractivity contribution in [2.24, 2.45) is 7.05 Å². The summed E-state index contributed by atoms with van der Waals surface area (Å²) in [4.78, 5) is 0. The summed E-state index contributed by atoms with van der Waals surface area (Å²) in [6.07, 6.45) is 6.63. The Labute approximate surface area is 95.3 Å². The van der Waals surface area contributed by atoms with Gasteiger partial charge in [-0.2, -0.15) is 5.10 Å². The van der Waals surface area contributed by atoms with Gasteiger partial charge >= 0.3 is 0 Å². The van der Waals surface area contributed by atoms with E-state index in [1.54, 1.807) is 6.26 Å². The van der Waals surface area contributed by atoms with E-state index in [1.807, 2.05) is 36.3 Å². The fourth-order valence-corrected chi connectivity index (χ4v) is 1.67. The first-order valence-corrected chi connectivity index (χ1v) is 5.50. The molecule has 0 aliphatic carbocycles. The van der Waals surface area contributed by atoms with Crippen LogP contribution in [0.5, 0.6) is 0 Å². The maximum Gasteiger partial charge on any atom is 0.120 e. The van der Waals surface area contributed by atoms with Crippen LogP contribution in [0.3, 0.4) is 0 Å². The average Bonchev–Trinajstić information content (AvgIpc) is 2.89. The van der Waals surface area contributed by atoms with Gasteiger partial charge in [-0.25, -0.2) is 0 Å². The Morgan fingerprint density at radius 3 is 3.06 bits per heavy atom. The molecule has 1 atom stereocenters. The van der Waals surface area contributed by atoms with Crippen molar-refractivity contribution in [3.8, 4) is 0 Å². The van der Waals surface area contributed by atoms with E-state index in [0.717, 1.165) is 18.7 Å². The molecule has 0 unspecified atom stereocenters. The third-order valence-corrected chi connectivity index (χ3v) is 2.59. The zero-order valence-corrected chi connectivity index (χ0v) is 9.68. The van der Waals surface area contributed by atoms with Crippen LogP contribution in [0.25, 0.3) is 0 Å². The van der Waals surface area contributed by atoms with Gasteiger partial charge in [0.05, 0.1) is 18.5 Å². The van der Waals surface area contributed by atoms with Crippen LogP contribution >= 0.6 is 0 Å². The molecular weight excluding hydrogens is 202 g/mol. The molecule has 1 N–H and O–H groups in total. The van der Waals surface area contributed by atoms with Crippen LogP contribution in [0.1, 0.15) is 24.3 Å². The molecule has 0 saturated heterocycles. The number of hydrogen-bond donors (Lipinski definition) is 1. The third-order valence-electron chi connectivity index (χ3n) is 2.59. The predicted molar refractivity (Wildman–Crippen MR) is 62.0 cm³/mol. The number of hydrogen-bond acceptors (Lipinski definition) is 3. The highest BCUT2D eigenvalue weighted by molar-refractivity contribution is 5.05. The highest BCUT2D eigenvalue weighted by Crippen LogP contribution is 2.11. The molecule has 0 radical (unpaired) electrons. The zero-order chi connectivity index (χ0) is 11.4. The summed E-state index contributed by atoms with van der Waals surface area (Å²) in [6, 6.07) is 4.16. The lowest BCUT2D eigenvalue weighted by Gasteiger charge is -2.10. The van der Waals surface area contributed by atoms with Crippen molar-refractivity contribution in [3.63, 3.8) is 0 Å². The zero-order valence-electron chi connectivity index (χ0n) is 9.68. The summed E-state index contributed by atoms with van der Waals surface area (Å²) in [5, 5.41) is 7.55. The number of nitrogens with one attached hydrogen (secondary N) is 1. The van der Waals surface area contributed by atoms with Crippen molar-refractivity contribution in [2.75, 3.05) is 6.54 Å². The Kier molecular flexibility index (Phi) is 3.41. The van der Waals surface area contributed by atoms with Gasteiger partial charge in [-0.05, 0) is 37.6 Å². The molecule has 0 bridgehead atoms. The van der Waals surface area contributed by atoms with Gasteiger partial charge in [0.15, 0.2) is 0 Å². The van der Waals surface area contributed by atoms with E-state index in [0.29, 0.717) is 0 Å². The Balaban J connectivity index is 1.76. The quantitative estimate of drug-likeness (QED) is 0.835. The van der Waals surface area contributed by atoms with Crippen molar-refractivity contribution in [1.82, 2.24) is 15.1 Å².